The zero-order valence-corrected chi connectivity index (χ0v) is 14.5. The molecule has 5 atom stereocenters. The van der Waals surface area contributed by atoms with Crippen LogP contribution in [-0.4, -0.2) is 70.0 Å². The van der Waals surface area contributed by atoms with Crippen LogP contribution in [0, 0.1) is 0 Å². The van der Waals surface area contributed by atoms with Crippen LogP contribution in [0.2, 0.25) is 0 Å². The van der Waals surface area contributed by atoms with Gasteiger partial charge in [-0.1, -0.05) is 30.3 Å². The van der Waals surface area contributed by atoms with Crippen LogP contribution in [0.4, 0.5) is 0 Å². The summed E-state index contributed by atoms with van der Waals surface area (Å²) in [6.07, 6.45) is -3.83. The van der Waals surface area contributed by atoms with Crippen LogP contribution in [0.25, 0.3) is 0 Å². The minimum atomic E-state index is -1.45. The smallest absolute Gasteiger partial charge is 0.217 e. The second-order valence-corrected chi connectivity index (χ2v) is 6.15. The van der Waals surface area contributed by atoms with E-state index < -0.39 is 43.0 Å². The van der Waals surface area contributed by atoms with Crippen molar-refractivity contribution < 1.29 is 34.7 Å². The maximum absolute atomic E-state index is 11.4. The van der Waals surface area contributed by atoms with Crippen LogP contribution in [0.15, 0.2) is 42.2 Å². The molecule has 5 N–H and O–H groups in total. The number of carbonyl (C=O) groups excluding carboxylic acids is 1. The lowest BCUT2D eigenvalue weighted by molar-refractivity contribution is -0.136. The molecule has 2 rings (SSSR count). The first-order valence-corrected chi connectivity index (χ1v) is 8.33. The zero-order valence-electron chi connectivity index (χ0n) is 14.5. The molecule has 26 heavy (non-hydrogen) atoms. The van der Waals surface area contributed by atoms with Crippen molar-refractivity contribution >= 4 is 5.91 Å². The molecule has 0 saturated heterocycles. The van der Waals surface area contributed by atoms with Gasteiger partial charge in [0.25, 0.3) is 0 Å². The van der Waals surface area contributed by atoms with Gasteiger partial charge < -0.3 is 35.2 Å². The first-order chi connectivity index (χ1) is 12.4. The minimum absolute atomic E-state index is 0.0561. The van der Waals surface area contributed by atoms with Crippen molar-refractivity contribution in [2.75, 3.05) is 13.2 Å². The van der Waals surface area contributed by atoms with Gasteiger partial charge in [-0.2, -0.15) is 0 Å². The Balaban J connectivity index is 1.97. The molecule has 0 aliphatic carbocycles. The number of nitrogens with one attached hydrogen (secondary N) is 1. The van der Waals surface area contributed by atoms with Crippen LogP contribution < -0.4 is 5.32 Å². The van der Waals surface area contributed by atoms with Gasteiger partial charge in [0, 0.05) is 6.92 Å². The van der Waals surface area contributed by atoms with Crippen LogP contribution >= 0.6 is 0 Å². The molecule has 0 spiro atoms. The Kier molecular flexibility index (Phi) is 7.55. The number of aliphatic hydroxyl groups excluding tert-OH is 4. The molecule has 8 heteroatoms. The number of benzene rings is 1. The second kappa shape index (κ2) is 9.65. The average Bonchev–Trinajstić information content (AvgIpc) is 2.63. The molecule has 1 aromatic rings. The summed E-state index contributed by atoms with van der Waals surface area (Å²) in [6, 6.07) is 8.37. The molecule has 0 saturated carbocycles. The molecule has 1 heterocycles. The molecule has 1 aliphatic heterocycles. The standard InChI is InChI=1S/C18H25NO7/c1-11(21)19-16-14(22)7-13(8-20)26-18(16)17(24)15(23)10-25-9-12-5-3-2-4-6-12/h2-7,14-18,20,22-24H,8-10H2,1H3,(H,19,21)/t14-,15+,16+,17+,18+/m0/s1. The van der Waals surface area contributed by atoms with Gasteiger partial charge >= 0.3 is 0 Å². The SMILES string of the molecule is CC(=O)N[C@H]1[C@H]([C@H](O)[C@H](O)COCc2ccccc2)OC(CO)=C[C@@H]1O. The van der Waals surface area contributed by atoms with Gasteiger partial charge in [0.1, 0.15) is 30.7 Å². The maximum atomic E-state index is 11.4. The molecule has 0 radical (unpaired) electrons. The first kappa shape index (κ1) is 20.3. The van der Waals surface area contributed by atoms with Crippen LogP contribution in [0.3, 0.4) is 0 Å². The van der Waals surface area contributed by atoms with Crippen molar-refractivity contribution in [3.05, 3.63) is 47.7 Å². The zero-order chi connectivity index (χ0) is 19.1. The Hall–Kier alpha value is -1.97. The summed E-state index contributed by atoms with van der Waals surface area (Å²) >= 11 is 0. The summed E-state index contributed by atoms with van der Waals surface area (Å²) in [4.78, 5) is 11.4. The average molecular weight is 367 g/mol. The Morgan fingerprint density at radius 1 is 1.31 bits per heavy atom. The third-order valence-electron chi connectivity index (χ3n) is 4.02. The molecular weight excluding hydrogens is 342 g/mol. The highest BCUT2D eigenvalue weighted by atomic mass is 16.5. The normalized spacial score (nSPS) is 25.0. The van der Waals surface area contributed by atoms with Crippen molar-refractivity contribution in [2.45, 2.75) is 44.0 Å². The lowest BCUT2D eigenvalue weighted by Gasteiger charge is -2.38. The topological polar surface area (TPSA) is 128 Å². The van der Waals surface area contributed by atoms with Crippen molar-refractivity contribution in [3.8, 4) is 0 Å². The number of aliphatic hydroxyl groups is 4. The highest BCUT2D eigenvalue weighted by molar-refractivity contribution is 5.73. The fourth-order valence-corrected chi connectivity index (χ4v) is 2.74. The van der Waals surface area contributed by atoms with Crippen molar-refractivity contribution in [3.63, 3.8) is 0 Å². The summed E-state index contributed by atoms with van der Waals surface area (Å²) in [5, 5.41) is 42.5. The Morgan fingerprint density at radius 2 is 2.00 bits per heavy atom. The van der Waals surface area contributed by atoms with Gasteiger partial charge in [-0.15, -0.1) is 0 Å². The quantitative estimate of drug-likeness (QED) is 0.401. The van der Waals surface area contributed by atoms with Crippen LogP contribution in [0.5, 0.6) is 0 Å². The number of rotatable bonds is 8. The first-order valence-electron chi connectivity index (χ1n) is 8.33. The van der Waals surface area contributed by atoms with Gasteiger partial charge in [-0.25, -0.2) is 0 Å². The second-order valence-electron chi connectivity index (χ2n) is 6.15. The van der Waals surface area contributed by atoms with E-state index in [2.05, 4.69) is 5.32 Å². The summed E-state index contributed by atoms with van der Waals surface area (Å²) in [5.74, 6) is -0.369. The van der Waals surface area contributed by atoms with Gasteiger partial charge in [-0.3, -0.25) is 4.79 Å². The Labute approximate surface area is 151 Å². The summed E-state index contributed by atoms with van der Waals surface area (Å²) in [7, 11) is 0. The van der Waals surface area contributed by atoms with Gasteiger partial charge in [0.05, 0.1) is 25.4 Å². The van der Waals surface area contributed by atoms with Crippen LogP contribution in [-0.2, 0) is 20.9 Å². The molecule has 0 unspecified atom stereocenters. The van der Waals surface area contributed by atoms with E-state index in [0.29, 0.717) is 0 Å². The van der Waals surface area contributed by atoms with E-state index >= 15 is 0 Å². The predicted octanol–water partition coefficient (Wildman–Crippen LogP) is -0.934. The molecule has 1 amide bonds. The molecule has 0 aromatic heterocycles. The summed E-state index contributed by atoms with van der Waals surface area (Å²) in [5.41, 5.74) is 0.917. The molecule has 0 fully saturated rings. The number of hydrogen-bond acceptors (Lipinski definition) is 7. The molecular formula is C18H25NO7. The third-order valence-corrected chi connectivity index (χ3v) is 4.02. The summed E-state index contributed by atoms with van der Waals surface area (Å²) < 4.78 is 10.8. The molecule has 0 bridgehead atoms. The highest BCUT2D eigenvalue weighted by Gasteiger charge is 2.41. The molecule has 144 valence electrons. The largest absolute Gasteiger partial charge is 0.487 e. The Morgan fingerprint density at radius 3 is 2.62 bits per heavy atom. The number of hydrogen-bond donors (Lipinski definition) is 5. The van der Waals surface area contributed by atoms with E-state index in [9.17, 15) is 25.2 Å². The molecule has 1 aliphatic rings. The lowest BCUT2D eigenvalue weighted by atomic mass is 9.94. The van der Waals surface area contributed by atoms with E-state index in [0.717, 1.165) is 5.56 Å². The third kappa shape index (κ3) is 5.52. The van der Waals surface area contributed by atoms with Crippen molar-refractivity contribution in [2.24, 2.45) is 0 Å². The van der Waals surface area contributed by atoms with Gasteiger partial charge in [0.15, 0.2) is 0 Å². The fourth-order valence-electron chi connectivity index (χ4n) is 2.74. The molecule has 8 nitrogen and oxygen atoms in total. The highest BCUT2D eigenvalue weighted by Crippen LogP contribution is 2.22. The van der Waals surface area contributed by atoms with E-state index in [1.807, 2.05) is 30.3 Å². The number of amides is 1. The lowest BCUT2D eigenvalue weighted by Crippen LogP contribution is -2.59. The van der Waals surface area contributed by atoms with E-state index in [1.165, 1.54) is 13.0 Å². The van der Waals surface area contributed by atoms with Crippen molar-refractivity contribution in [1.29, 1.82) is 0 Å². The number of ether oxygens (including phenoxy) is 2. The monoisotopic (exact) mass is 367 g/mol. The van der Waals surface area contributed by atoms with Gasteiger partial charge in [0.2, 0.25) is 5.91 Å². The van der Waals surface area contributed by atoms with E-state index in [4.69, 9.17) is 9.47 Å². The van der Waals surface area contributed by atoms with Gasteiger partial charge in [-0.05, 0) is 11.6 Å². The minimum Gasteiger partial charge on any atom is -0.487 e. The predicted molar refractivity (Wildman–Crippen MR) is 91.8 cm³/mol. The van der Waals surface area contributed by atoms with Crippen molar-refractivity contribution in [1.82, 2.24) is 5.32 Å². The fraction of sp³-hybridized carbons (Fsp3) is 0.500. The van der Waals surface area contributed by atoms with E-state index in [-0.39, 0.29) is 19.0 Å². The summed E-state index contributed by atoms with van der Waals surface area (Å²) in [6.45, 7) is 0.876. The van der Waals surface area contributed by atoms with E-state index in [1.54, 1.807) is 0 Å². The Bertz CT molecular complexity index is 607. The number of carbonyl (C=O) groups is 1. The maximum Gasteiger partial charge on any atom is 0.217 e. The van der Waals surface area contributed by atoms with Crippen LogP contribution in [0.1, 0.15) is 12.5 Å². The molecule has 1 aromatic carbocycles.